The van der Waals surface area contributed by atoms with Crippen LogP contribution in [0.15, 0.2) is 18.2 Å². The standard InChI is InChI=1S/C22H38N4O5S/c1-2-3-11-25-32(30,31)14-20(27)21(28)19(12-15-7-5-4-6-8-15)26-22(29)16-9-10-17(23)18(24)13-16/h9-10,13,15,19-21,25,27-28H,2-8,11-12,14,23-24H2,1H3,(H,26,29). The Morgan fingerprint density at radius 3 is 2.47 bits per heavy atom. The summed E-state index contributed by atoms with van der Waals surface area (Å²) < 4.78 is 26.9. The second-order valence-electron chi connectivity index (χ2n) is 8.75. The summed E-state index contributed by atoms with van der Waals surface area (Å²) in [6.07, 6.45) is 4.25. The van der Waals surface area contributed by atoms with Crippen molar-refractivity contribution in [2.24, 2.45) is 5.92 Å². The van der Waals surface area contributed by atoms with Gasteiger partial charge < -0.3 is 27.0 Å². The van der Waals surface area contributed by atoms with Gasteiger partial charge in [0.15, 0.2) is 0 Å². The molecule has 182 valence electrons. The Bertz CT molecular complexity index is 843. The van der Waals surface area contributed by atoms with Gasteiger partial charge in [-0.05, 0) is 37.0 Å². The fraction of sp³-hybridized carbons (Fsp3) is 0.682. The third-order valence-corrected chi connectivity index (χ3v) is 7.45. The van der Waals surface area contributed by atoms with Crippen LogP contribution in [0, 0.1) is 5.92 Å². The molecule has 0 aliphatic heterocycles. The Labute approximate surface area is 191 Å². The number of amides is 1. The van der Waals surface area contributed by atoms with E-state index in [1.165, 1.54) is 18.2 Å². The summed E-state index contributed by atoms with van der Waals surface area (Å²) in [5.41, 5.74) is 12.4. The molecule has 9 nitrogen and oxygen atoms in total. The number of hydrogen-bond donors (Lipinski definition) is 6. The Balaban J connectivity index is 2.11. The summed E-state index contributed by atoms with van der Waals surface area (Å²) in [5, 5.41) is 24.1. The minimum Gasteiger partial charge on any atom is -0.397 e. The first kappa shape index (κ1) is 26.4. The van der Waals surface area contributed by atoms with Crippen LogP contribution in [0.1, 0.15) is 68.6 Å². The summed E-state index contributed by atoms with van der Waals surface area (Å²) in [5.74, 6) is -0.816. The molecule has 0 heterocycles. The zero-order chi connectivity index (χ0) is 23.7. The predicted octanol–water partition coefficient (Wildman–Crippen LogP) is 1.36. The first-order valence-electron chi connectivity index (χ1n) is 11.4. The van der Waals surface area contributed by atoms with E-state index in [1.54, 1.807) is 0 Å². The Morgan fingerprint density at radius 2 is 1.84 bits per heavy atom. The number of sulfonamides is 1. The van der Waals surface area contributed by atoms with Gasteiger partial charge in [0, 0.05) is 12.1 Å². The lowest BCUT2D eigenvalue weighted by atomic mass is 9.83. The minimum absolute atomic E-state index is 0.270. The van der Waals surface area contributed by atoms with Crippen LogP contribution in [0.2, 0.25) is 0 Å². The molecule has 3 unspecified atom stereocenters. The maximum atomic E-state index is 12.8. The quantitative estimate of drug-likeness (QED) is 0.198. The average Bonchev–Trinajstić information content (AvgIpc) is 2.75. The van der Waals surface area contributed by atoms with Gasteiger partial charge in [0.25, 0.3) is 5.91 Å². The average molecular weight is 471 g/mol. The van der Waals surface area contributed by atoms with Gasteiger partial charge >= 0.3 is 0 Å². The lowest BCUT2D eigenvalue weighted by molar-refractivity contribution is 0.00201. The van der Waals surface area contributed by atoms with E-state index in [-0.39, 0.29) is 23.7 Å². The fourth-order valence-electron chi connectivity index (χ4n) is 4.09. The van der Waals surface area contributed by atoms with Crippen molar-refractivity contribution in [1.82, 2.24) is 10.0 Å². The molecule has 0 saturated heterocycles. The van der Waals surface area contributed by atoms with E-state index in [1.807, 2.05) is 6.92 Å². The van der Waals surface area contributed by atoms with E-state index >= 15 is 0 Å². The van der Waals surface area contributed by atoms with Crippen LogP contribution in [-0.2, 0) is 10.0 Å². The molecule has 10 heteroatoms. The van der Waals surface area contributed by atoms with Gasteiger partial charge in [-0.2, -0.15) is 0 Å². The van der Waals surface area contributed by atoms with Gasteiger partial charge in [-0.25, -0.2) is 13.1 Å². The van der Waals surface area contributed by atoms with Crippen molar-refractivity contribution >= 4 is 27.3 Å². The number of anilines is 2. The molecule has 1 amide bonds. The fourth-order valence-corrected chi connectivity index (χ4v) is 5.31. The first-order valence-corrected chi connectivity index (χ1v) is 13.1. The monoisotopic (exact) mass is 470 g/mol. The summed E-state index contributed by atoms with van der Waals surface area (Å²) in [7, 11) is -3.76. The maximum absolute atomic E-state index is 12.8. The molecule has 0 bridgehead atoms. The van der Waals surface area contributed by atoms with E-state index in [0.29, 0.717) is 18.5 Å². The predicted molar refractivity (Wildman–Crippen MR) is 126 cm³/mol. The molecular formula is C22H38N4O5S. The normalized spacial score (nSPS) is 18.1. The third-order valence-electron chi connectivity index (χ3n) is 6.03. The molecule has 2 rings (SSSR count). The number of nitrogens with two attached hydrogens (primary N) is 2. The highest BCUT2D eigenvalue weighted by Crippen LogP contribution is 2.28. The number of hydrogen-bond acceptors (Lipinski definition) is 7. The summed E-state index contributed by atoms with van der Waals surface area (Å²) in [4.78, 5) is 12.8. The van der Waals surface area contributed by atoms with Crippen molar-refractivity contribution < 1.29 is 23.4 Å². The van der Waals surface area contributed by atoms with Crippen molar-refractivity contribution in [1.29, 1.82) is 0 Å². The Morgan fingerprint density at radius 1 is 1.16 bits per heavy atom. The molecule has 3 atom stereocenters. The number of carbonyl (C=O) groups is 1. The second kappa shape index (κ2) is 12.4. The van der Waals surface area contributed by atoms with Crippen LogP contribution in [0.4, 0.5) is 11.4 Å². The van der Waals surface area contributed by atoms with E-state index < -0.39 is 39.9 Å². The highest BCUT2D eigenvalue weighted by Gasteiger charge is 2.33. The van der Waals surface area contributed by atoms with Gasteiger partial charge in [-0.15, -0.1) is 0 Å². The van der Waals surface area contributed by atoms with Gasteiger partial charge in [0.2, 0.25) is 10.0 Å². The summed E-state index contributed by atoms with van der Waals surface area (Å²) in [6, 6.07) is 3.71. The number of nitrogen functional groups attached to an aromatic ring is 2. The van der Waals surface area contributed by atoms with Gasteiger partial charge in [0.05, 0.1) is 29.3 Å². The van der Waals surface area contributed by atoms with Crippen LogP contribution in [0.25, 0.3) is 0 Å². The number of nitrogens with one attached hydrogen (secondary N) is 2. The van der Waals surface area contributed by atoms with Crippen LogP contribution in [-0.4, -0.2) is 55.1 Å². The van der Waals surface area contributed by atoms with Gasteiger partial charge in [0.1, 0.15) is 6.10 Å². The number of rotatable bonds is 12. The number of aliphatic hydroxyl groups is 2. The number of aliphatic hydroxyl groups excluding tert-OH is 2. The van der Waals surface area contributed by atoms with E-state index in [9.17, 15) is 23.4 Å². The number of unbranched alkanes of at least 4 members (excludes halogenated alkanes) is 1. The molecule has 1 aromatic carbocycles. The molecule has 1 aliphatic carbocycles. The molecule has 0 spiro atoms. The maximum Gasteiger partial charge on any atom is 0.251 e. The zero-order valence-electron chi connectivity index (χ0n) is 18.8. The van der Waals surface area contributed by atoms with Crippen molar-refractivity contribution in [2.75, 3.05) is 23.8 Å². The van der Waals surface area contributed by atoms with E-state index in [2.05, 4.69) is 10.0 Å². The zero-order valence-corrected chi connectivity index (χ0v) is 19.6. The Kier molecular flexibility index (Phi) is 10.2. The lowest BCUT2D eigenvalue weighted by Crippen LogP contribution is -2.52. The topological polar surface area (TPSA) is 168 Å². The van der Waals surface area contributed by atoms with Crippen LogP contribution in [0.3, 0.4) is 0 Å². The van der Waals surface area contributed by atoms with Gasteiger partial charge in [-0.1, -0.05) is 45.4 Å². The molecule has 0 aromatic heterocycles. The summed E-state index contributed by atoms with van der Waals surface area (Å²) in [6.45, 7) is 2.22. The summed E-state index contributed by atoms with van der Waals surface area (Å²) >= 11 is 0. The minimum atomic E-state index is -3.76. The smallest absolute Gasteiger partial charge is 0.251 e. The van der Waals surface area contributed by atoms with E-state index in [0.717, 1.165) is 38.5 Å². The van der Waals surface area contributed by atoms with Crippen LogP contribution >= 0.6 is 0 Å². The molecule has 0 radical (unpaired) electrons. The third kappa shape index (κ3) is 8.23. The lowest BCUT2D eigenvalue weighted by Gasteiger charge is -2.32. The Hall–Kier alpha value is -1.88. The van der Waals surface area contributed by atoms with Crippen LogP contribution < -0.4 is 21.5 Å². The number of carbonyl (C=O) groups excluding carboxylic acids is 1. The SMILES string of the molecule is CCCCNS(=O)(=O)CC(O)C(O)C(CC1CCCCC1)NC(=O)c1ccc(N)c(N)c1. The molecule has 1 saturated carbocycles. The highest BCUT2D eigenvalue weighted by molar-refractivity contribution is 7.89. The highest BCUT2D eigenvalue weighted by atomic mass is 32.2. The largest absolute Gasteiger partial charge is 0.397 e. The molecule has 1 fully saturated rings. The van der Waals surface area contributed by atoms with Crippen molar-refractivity contribution in [2.45, 2.75) is 76.5 Å². The van der Waals surface area contributed by atoms with Crippen molar-refractivity contribution in [3.05, 3.63) is 23.8 Å². The van der Waals surface area contributed by atoms with Crippen molar-refractivity contribution in [3.8, 4) is 0 Å². The molecule has 32 heavy (non-hydrogen) atoms. The number of benzene rings is 1. The van der Waals surface area contributed by atoms with E-state index in [4.69, 9.17) is 11.5 Å². The van der Waals surface area contributed by atoms with Crippen molar-refractivity contribution in [3.63, 3.8) is 0 Å². The van der Waals surface area contributed by atoms with Gasteiger partial charge in [-0.3, -0.25) is 4.79 Å². The molecule has 8 N–H and O–H groups in total. The molecule has 1 aliphatic rings. The molecular weight excluding hydrogens is 432 g/mol. The first-order chi connectivity index (χ1) is 15.1. The second-order valence-corrected chi connectivity index (χ2v) is 10.6. The van der Waals surface area contributed by atoms with Crippen LogP contribution in [0.5, 0.6) is 0 Å². The molecule has 1 aromatic rings.